The summed E-state index contributed by atoms with van der Waals surface area (Å²) in [6.07, 6.45) is 3.73. The van der Waals surface area contributed by atoms with E-state index >= 15 is 4.39 Å². The van der Waals surface area contributed by atoms with Crippen LogP contribution in [0.15, 0.2) is 48.5 Å². The fourth-order valence-corrected chi connectivity index (χ4v) is 6.79. The second kappa shape index (κ2) is 11.1. The number of methoxy groups -OCH3 is 2. The standard InChI is InChI=1S/C30H37FN6O3/c1-39-30(40-2)19-9-11-35(12-10-19)23-13-20(31)14-24(15-23)37-21-7-8-22(37)18-36(17-21)27-16-26(33-34-29(27)32)25-5-3-4-6-28(25)38/h3-6,13-16,19,21-22,30,38H,7-12,17-18H2,1-2H3,(H2,32,34). The number of nitrogen functional groups attached to an aromatic ring is 1. The van der Waals surface area contributed by atoms with E-state index in [1.54, 1.807) is 38.5 Å². The van der Waals surface area contributed by atoms with E-state index in [-0.39, 0.29) is 29.9 Å². The number of rotatable bonds is 7. The minimum Gasteiger partial charge on any atom is -0.507 e. The van der Waals surface area contributed by atoms with Crippen molar-refractivity contribution in [2.24, 2.45) is 5.92 Å². The first kappa shape index (κ1) is 26.6. The van der Waals surface area contributed by atoms with Gasteiger partial charge in [0.05, 0.1) is 11.4 Å². The molecule has 40 heavy (non-hydrogen) atoms. The quantitative estimate of drug-likeness (QED) is 0.420. The topological polar surface area (TPSA) is 100 Å². The summed E-state index contributed by atoms with van der Waals surface area (Å²) in [5.74, 6) is 0.649. The van der Waals surface area contributed by atoms with Gasteiger partial charge in [0.25, 0.3) is 0 Å². The van der Waals surface area contributed by atoms with Crippen LogP contribution in [0.2, 0.25) is 0 Å². The zero-order chi connectivity index (χ0) is 27.8. The highest BCUT2D eigenvalue weighted by Gasteiger charge is 2.41. The van der Waals surface area contributed by atoms with Crippen molar-refractivity contribution in [1.29, 1.82) is 0 Å². The third-order valence-corrected chi connectivity index (χ3v) is 8.72. The molecule has 2 bridgehead atoms. The number of ether oxygens (including phenoxy) is 2. The molecule has 2 atom stereocenters. The number of hydrogen-bond donors (Lipinski definition) is 2. The van der Waals surface area contributed by atoms with Gasteiger partial charge in [0.15, 0.2) is 12.1 Å². The minimum atomic E-state index is -0.210. The van der Waals surface area contributed by atoms with E-state index in [0.29, 0.717) is 23.0 Å². The molecule has 3 saturated heterocycles. The summed E-state index contributed by atoms with van der Waals surface area (Å²) in [5.41, 5.74) is 10.2. The maximum Gasteiger partial charge on any atom is 0.169 e. The summed E-state index contributed by atoms with van der Waals surface area (Å²) in [6, 6.07) is 14.9. The lowest BCUT2D eigenvalue weighted by atomic mass is 9.95. The Labute approximate surface area is 234 Å². The molecule has 1 aromatic heterocycles. The predicted octanol–water partition coefficient (Wildman–Crippen LogP) is 4.26. The van der Waals surface area contributed by atoms with Crippen LogP contribution in [0, 0.1) is 11.7 Å². The monoisotopic (exact) mass is 548 g/mol. The summed E-state index contributed by atoms with van der Waals surface area (Å²) in [7, 11) is 3.36. The molecular formula is C30H37FN6O3. The first-order valence-electron chi connectivity index (χ1n) is 14.0. The molecule has 10 heteroatoms. The molecule has 4 heterocycles. The second-order valence-electron chi connectivity index (χ2n) is 11.0. The summed E-state index contributed by atoms with van der Waals surface area (Å²) >= 11 is 0. The maximum absolute atomic E-state index is 15.0. The Balaban J connectivity index is 1.20. The molecule has 0 radical (unpaired) electrons. The van der Waals surface area contributed by atoms with Crippen molar-refractivity contribution in [3.63, 3.8) is 0 Å². The highest BCUT2D eigenvalue weighted by atomic mass is 19.1. The van der Waals surface area contributed by atoms with Crippen LogP contribution in [0.3, 0.4) is 0 Å². The van der Waals surface area contributed by atoms with Crippen molar-refractivity contribution < 1.29 is 19.0 Å². The predicted molar refractivity (Wildman–Crippen MR) is 154 cm³/mol. The van der Waals surface area contributed by atoms with Gasteiger partial charge in [-0.3, -0.25) is 0 Å². The number of aromatic nitrogens is 2. The lowest BCUT2D eigenvalue weighted by Crippen LogP contribution is -2.54. The Kier molecular flexibility index (Phi) is 7.37. The molecule has 2 unspecified atom stereocenters. The van der Waals surface area contributed by atoms with Crippen LogP contribution >= 0.6 is 0 Å². The summed E-state index contributed by atoms with van der Waals surface area (Å²) in [4.78, 5) is 6.93. The molecule has 0 amide bonds. The number of phenolic OH excluding ortho intramolecular Hbond substituents is 1. The second-order valence-corrected chi connectivity index (χ2v) is 11.0. The van der Waals surface area contributed by atoms with Gasteiger partial charge in [0, 0.05) is 75.3 Å². The summed E-state index contributed by atoms with van der Waals surface area (Å²) in [5, 5.41) is 18.8. The van der Waals surface area contributed by atoms with Crippen LogP contribution in [-0.4, -0.2) is 74.1 Å². The average molecular weight is 549 g/mol. The first-order valence-corrected chi connectivity index (χ1v) is 14.0. The molecule has 6 rings (SSSR count). The number of nitrogens with two attached hydrogens (primary N) is 1. The number of benzene rings is 2. The van der Waals surface area contributed by atoms with E-state index in [0.717, 1.165) is 68.9 Å². The molecule has 3 aliphatic rings. The smallest absolute Gasteiger partial charge is 0.169 e. The van der Waals surface area contributed by atoms with Gasteiger partial charge in [-0.25, -0.2) is 4.39 Å². The lowest BCUT2D eigenvalue weighted by molar-refractivity contribution is -0.141. The number of halogens is 1. The van der Waals surface area contributed by atoms with E-state index in [1.807, 2.05) is 18.2 Å². The van der Waals surface area contributed by atoms with Crippen molar-refractivity contribution >= 4 is 22.9 Å². The molecular weight excluding hydrogens is 511 g/mol. The number of fused-ring (bicyclic) bond motifs is 2. The van der Waals surface area contributed by atoms with E-state index in [9.17, 15) is 5.11 Å². The van der Waals surface area contributed by atoms with Gasteiger partial charge < -0.3 is 35.0 Å². The SMILES string of the molecule is COC(OC)C1CCN(c2cc(F)cc(N3C4CCC3CN(c3cc(-c5ccccc5O)nnc3N)C4)c2)CC1. The largest absolute Gasteiger partial charge is 0.507 e. The van der Waals surface area contributed by atoms with Crippen molar-refractivity contribution in [1.82, 2.24) is 10.2 Å². The van der Waals surface area contributed by atoms with Crippen molar-refractivity contribution in [3.8, 4) is 17.0 Å². The Morgan fingerprint density at radius 3 is 2.25 bits per heavy atom. The van der Waals surface area contributed by atoms with Crippen LogP contribution in [0.1, 0.15) is 25.7 Å². The Morgan fingerprint density at radius 2 is 1.57 bits per heavy atom. The molecule has 0 spiro atoms. The van der Waals surface area contributed by atoms with E-state index in [1.165, 1.54) is 0 Å². The molecule has 3 aromatic rings. The van der Waals surface area contributed by atoms with Gasteiger partial charge in [0.1, 0.15) is 11.6 Å². The van der Waals surface area contributed by atoms with Gasteiger partial charge in [-0.2, -0.15) is 0 Å². The van der Waals surface area contributed by atoms with Gasteiger partial charge in [-0.05, 0) is 62.1 Å². The van der Waals surface area contributed by atoms with E-state index in [4.69, 9.17) is 15.2 Å². The highest BCUT2D eigenvalue weighted by Crippen LogP contribution is 2.40. The van der Waals surface area contributed by atoms with Gasteiger partial charge in [-0.15, -0.1) is 10.2 Å². The zero-order valence-electron chi connectivity index (χ0n) is 23.0. The van der Waals surface area contributed by atoms with Crippen LogP contribution in [0.25, 0.3) is 11.3 Å². The Morgan fingerprint density at radius 1 is 0.900 bits per heavy atom. The minimum absolute atomic E-state index is 0.153. The Bertz CT molecular complexity index is 1330. The molecule has 3 aliphatic heterocycles. The number of aromatic hydroxyl groups is 1. The molecule has 3 N–H and O–H groups in total. The van der Waals surface area contributed by atoms with Crippen LogP contribution in [0.5, 0.6) is 5.75 Å². The first-order chi connectivity index (χ1) is 19.4. The number of phenols is 1. The highest BCUT2D eigenvalue weighted by molar-refractivity contribution is 5.74. The average Bonchev–Trinajstić information content (AvgIpc) is 3.23. The zero-order valence-corrected chi connectivity index (χ0v) is 23.0. The third kappa shape index (κ3) is 5.01. The normalized spacial score (nSPS) is 21.4. The summed E-state index contributed by atoms with van der Waals surface area (Å²) in [6.45, 7) is 3.18. The van der Waals surface area contributed by atoms with Crippen molar-refractivity contribution in [2.45, 2.75) is 44.1 Å². The lowest BCUT2D eigenvalue weighted by Gasteiger charge is -2.44. The fraction of sp³-hybridized carbons (Fsp3) is 0.467. The number of piperidine rings is 1. The van der Waals surface area contributed by atoms with E-state index < -0.39 is 0 Å². The maximum atomic E-state index is 15.0. The van der Waals surface area contributed by atoms with Gasteiger partial charge in [0.2, 0.25) is 0 Å². The number of piperazine rings is 1. The van der Waals surface area contributed by atoms with Crippen LogP contribution in [0.4, 0.5) is 27.3 Å². The number of hydrogen-bond acceptors (Lipinski definition) is 9. The molecule has 9 nitrogen and oxygen atoms in total. The number of nitrogens with zero attached hydrogens (tertiary/aromatic N) is 5. The number of anilines is 4. The Hall–Kier alpha value is -3.63. The van der Waals surface area contributed by atoms with Crippen LogP contribution in [-0.2, 0) is 9.47 Å². The van der Waals surface area contributed by atoms with Gasteiger partial charge in [-0.1, -0.05) is 12.1 Å². The van der Waals surface area contributed by atoms with E-state index in [2.05, 4.69) is 31.0 Å². The molecule has 0 aliphatic carbocycles. The molecule has 3 fully saturated rings. The summed E-state index contributed by atoms with van der Waals surface area (Å²) < 4.78 is 25.9. The molecule has 2 aromatic carbocycles. The number of para-hydroxylation sites is 1. The fourth-order valence-electron chi connectivity index (χ4n) is 6.79. The van der Waals surface area contributed by atoms with Crippen molar-refractivity contribution in [2.75, 3.05) is 60.8 Å². The molecule has 0 saturated carbocycles. The molecule has 212 valence electrons. The van der Waals surface area contributed by atoms with Gasteiger partial charge >= 0.3 is 0 Å². The van der Waals surface area contributed by atoms with Crippen molar-refractivity contribution in [3.05, 3.63) is 54.3 Å². The third-order valence-electron chi connectivity index (χ3n) is 8.72. The van der Waals surface area contributed by atoms with Crippen LogP contribution < -0.4 is 20.4 Å².